The Morgan fingerprint density at radius 1 is 1.53 bits per heavy atom. The van der Waals surface area contributed by atoms with Gasteiger partial charge in [0.15, 0.2) is 0 Å². The van der Waals surface area contributed by atoms with E-state index in [4.69, 9.17) is 16.7 Å². The number of hydrogen-bond acceptors (Lipinski definition) is 3. The van der Waals surface area contributed by atoms with Crippen molar-refractivity contribution in [1.82, 2.24) is 4.98 Å². The van der Waals surface area contributed by atoms with Crippen LogP contribution in [0.15, 0.2) is 12.3 Å². The first-order chi connectivity index (χ1) is 8.26. The monoisotopic (exact) mass is 254 g/mol. The van der Waals surface area contributed by atoms with Gasteiger partial charge in [0.25, 0.3) is 0 Å². The Morgan fingerprint density at radius 2 is 2.35 bits per heavy atom. The van der Waals surface area contributed by atoms with E-state index in [1.807, 2.05) is 6.07 Å². The maximum atomic E-state index is 9.05. The third-order valence-electron chi connectivity index (χ3n) is 3.43. The molecule has 2 heterocycles. The molecule has 1 fully saturated rings. The number of anilines is 1. The van der Waals surface area contributed by atoms with Gasteiger partial charge in [-0.1, -0.05) is 18.5 Å². The van der Waals surface area contributed by atoms with Gasteiger partial charge in [-0.3, -0.25) is 0 Å². The number of nitrogens with zero attached hydrogens (tertiary/aromatic N) is 2. The average Bonchev–Trinajstić information content (AvgIpc) is 2.38. The molecule has 0 saturated carbocycles. The molecule has 0 aliphatic carbocycles. The molecule has 1 aromatic heterocycles. The fraction of sp³-hybridized carbons (Fsp3) is 0.615. The minimum atomic E-state index is -0.00972. The minimum Gasteiger partial charge on any atom is -0.392 e. The number of piperidine rings is 1. The Balaban J connectivity index is 2.25. The summed E-state index contributed by atoms with van der Waals surface area (Å²) >= 11 is 6.25. The first-order valence-corrected chi connectivity index (χ1v) is 6.66. The SMILES string of the molecule is CCC1CCCCN1c1ncc(CO)cc1Cl. The summed E-state index contributed by atoms with van der Waals surface area (Å²) in [4.78, 5) is 6.72. The van der Waals surface area contributed by atoms with E-state index in [-0.39, 0.29) is 6.61 Å². The summed E-state index contributed by atoms with van der Waals surface area (Å²) < 4.78 is 0. The number of aromatic nitrogens is 1. The van der Waals surface area contributed by atoms with Gasteiger partial charge < -0.3 is 10.0 Å². The Labute approximate surface area is 107 Å². The van der Waals surface area contributed by atoms with Crippen LogP contribution in [0.2, 0.25) is 5.02 Å². The zero-order valence-corrected chi connectivity index (χ0v) is 11.0. The van der Waals surface area contributed by atoms with Gasteiger partial charge in [-0.05, 0) is 37.3 Å². The number of rotatable bonds is 3. The molecular formula is C13H19ClN2O. The van der Waals surface area contributed by atoms with Gasteiger partial charge in [0.2, 0.25) is 0 Å². The van der Waals surface area contributed by atoms with Gasteiger partial charge >= 0.3 is 0 Å². The van der Waals surface area contributed by atoms with E-state index < -0.39 is 0 Å². The molecule has 4 heteroatoms. The summed E-state index contributed by atoms with van der Waals surface area (Å²) in [6, 6.07) is 2.36. The average molecular weight is 255 g/mol. The van der Waals surface area contributed by atoms with Gasteiger partial charge in [0.1, 0.15) is 5.82 Å². The van der Waals surface area contributed by atoms with Gasteiger partial charge in [-0.15, -0.1) is 0 Å². The van der Waals surface area contributed by atoms with Crippen molar-refractivity contribution in [2.45, 2.75) is 45.3 Å². The fourth-order valence-corrected chi connectivity index (χ4v) is 2.77. The van der Waals surface area contributed by atoms with Crippen LogP contribution in [0.4, 0.5) is 5.82 Å². The lowest BCUT2D eigenvalue weighted by atomic mass is 10.00. The third kappa shape index (κ3) is 2.72. The molecule has 0 spiro atoms. The lowest BCUT2D eigenvalue weighted by Crippen LogP contribution is -2.39. The van der Waals surface area contributed by atoms with Crippen molar-refractivity contribution in [3.8, 4) is 0 Å². The standard InChI is InChI=1S/C13H19ClN2O/c1-2-11-5-3-4-6-16(11)13-12(14)7-10(9-17)8-15-13/h7-8,11,17H,2-6,9H2,1H3. The summed E-state index contributed by atoms with van der Waals surface area (Å²) in [5.74, 6) is 0.871. The Kier molecular flexibility index (Phi) is 4.24. The molecule has 0 bridgehead atoms. The summed E-state index contributed by atoms with van der Waals surface area (Å²) in [5, 5.41) is 9.70. The smallest absolute Gasteiger partial charge is 0.147 e. The second kappa shape index (κ2) is 5.69. The molecule has 1 unspecified atom stereocenters. The molecule has 1 aromatic rings. The molecule has 3 nitrogen and oxygen atoms in total. The highest BCUT2D eigenvalue weighted by atomic mass is 35.5. The predicted molar refractivity (Wildman–Crippen MR) is 70.4 cm³/mol. The molecule has 2 rings (SSSR count). The zero-order valence-electron chi connectivity index (χ0n) is 10.2. The Hall–Kier alpha value is -0.800. The molecule has 0 amide bonds. The highest BCUT2D eigenvalue weighted by Gasteiger charge is 2.23. The van der Waals surface area contributed by atoms with Crippen LogP contribution < -0.4 is 4.90 Å². The molecule has 1 aliphatic heterocycles. The lowest BCUT2D eigenvalue weighted by Gasteiger charge is -2.36. The van der Waals surface area contributed by atoms with Crippen LogP contribution in [0.1, 0.15) is 38.2 Å². The second-order valence-electron chi connectivity index (χ2n) is 4.56. The highest BCUT2D eigenvalue weighted by molar-refractivity contribution is 6.33. The summed E-state index contributed by atoms with van der Waals surface area (Å²) in [6.45, 7) is 3.23. The molecular weight excluding hydrogens is 236 g/mol. The molecule has 0 radical (unpaired) electrons. The number of pyridine rings is 1. The highest BCUT2D eigenvalue weighted by Crippen LogP contribution is 2.30. The van der Waals surface area contributed by atoms with Gasteiger partial charge in [0, 0.05) is 18.8 Å². The molecule has 1 atom stereocenters. The number of halogens is 1. The van der Waals surface area contributed by atoms with Crippen LogP contribution in [0.3, 0.4) is 0 Å². The molecule has 0 aromatic carbocycles. The van der Waals surface area contributed by atoms with Crippen molar-refractivity contribution in [3.63, 3.8) is 0 Å². The molecule has 1 aliphatic rings. The maximum absolute atomic E-state index is 9.05. The van der Waals surface area contributed by atoms with E-state index in [0.29, 0.717) is 11.1 Å². The quantitative estimate of drug-likeness (QED) is 0.901. The Morgan fingerprint density at radius 3 is 3.00 bits per heavy atom. The van der Waals surface area contributed by atoms with Crippen LogP contribution in [0.5, 0.6) is 0 Å². The molecule has 94 valence electrons. The number of aliphatic hydroxyl groups is 1. The Bertz CT molecular complexity index is 384. The predicted octanol–water partition coefficient (Wildman–Crippen LogP) is 3.00. The molecule has 1 N–H and O–H groups in total. The zero-order chi connectivity index (χ0) is 12.3. The number of aliphatic hydroxyl groups excluding tert-OH is 1. The van der Waals surface area contributed by atoms with E-state index in [1.54, 1.807) is 6.20 Å². The van der Waals surface area contributed by atoms with Crippen molar-refractivity contribution in [3.05, 3.63) is 22.8 Å². The topological polar surface area (TPSA) is 36.4 Å². The van der Waals surface area contributed by atoms with E-state index in [0.717, 1.165) is 24.3 Å². The van der Waals surface area contributed by atoms with Crippen LogP contribution >= 0.6 is 11.6 Å². The largest absolute Gasteiger partial charge is 0.392 e. The van der Waals surface area contributed by atoms with Crippen molar-refractivity contribution in [2.75, 3.05) is 11.4 Å². The second-order valence-corrected chi connectivity index (χ2v) is 4.97. The van der Waals surface area contributed by atoms with E-state index in [9.17, 15) is 0 Å². The van der Waals surface area contributed by atoms with Crippen LogP contribution in [0, 0.1) is 0 Å². The van der Waals surface area contributed by atoms with Crippen molar-refractivity contribution >= 4 is 17.4 Å². The maximum Gasteiger partial charge on any atom is 0.147 e. The summed E-state index contributed by atoms with van der Waals surface area (Å²) in [6.07, 6.45) is 6.55. The summed E-state index contributed by atoms with van der Waals surface area (Å²) in [5.41, 5.74) is 0.767. The van der Waals surface area contributed by atoms with Crippen molar-refractivity contribution < 1.29 is 5.11 Å². The first kappa shape index (κ1) is 12.7. The van der Waals surface area contributed by atoms with Crippen molar-refractivity contribution in [2.24, 2.45) is 0 Å². The molecule has 1 saturated heterocycles. The lowest BCUT2D eigenvalue weighted by molar-refractivity contribution is 0.281. The van der Waals surface area contributed by atoms with Crippen molar-refractivity contribution in [1.29, 1.82) is 0 Å². The van der Waals surface area contributed by atoms with Gasteiger partial charge in [-0.2, -0.15) is 0 Å². The first-order valence-electron chi connectivity index (χ1n) is 6.28. The summed E-state index contributed by atoms with van der Waals surface area (Å²) in [7, 11) is 0. The van der Waals surface area contributed by atoms with E-state index in [2.05, 4.69) is 16.8 Å². The van der Waals surface area contributed by atoms with Crippen LogP contribution in [-0.2, 0) is 6.61 Å². The third-order valence-corrected chi connectivity index (χ3v) is 3.71. The van der Waals surface area contributed by atoms with E-state index >= 15 is 0 Å². The van der Waals surface area contributed by atoms with Crippen LogP contribution in [0.25, 0.3) is 0 Å². The van der Waals surface area contributed by atoms with Gasteiger partial charge in [-0.25, -0.2) is 4.98 Å². The fourth-order valence-electron chi connectivity index (χ4n) is 2.47. The number of hydrogen-bond donors (Lipinski definition) is 1. The normalized spacial score (nSPS) is 20.6. The van der Waals surface area contributed by atoms with Crippen LogP contribution in [-0.4, -0.2) is 22.7 Å². The molecule has 17 heavy (non-hydrogen) atoms. The van der Waals surface area contributed by atoms with E-state index in [1.165, 1.54) is 19.3 Å². The van der Waals surface area contributed by atoms with Gasteiger partial charge in [0.05, 0.1) is 11.6 Å². The minimum absolute atomic E-state index is 0.00972.